The molecule has 1 heterocycles. The molecule has 0 aliphatic carbocycles. The van der Waals surface area contributed by atoms with E-state index in [0.29, 0.717) is 18.1 Å². The molecular weight excluding hydrogens is 402 g/mol. The van der Waals surface area contributed by atoms with Crippen molar-refractivity contribution >= 4 is 10.0 Å². The van der Waals surface area contributed by atoms with Crippen LogP contribution in [-0.4, -0.2) is 33.8 Å². The van der Waals surface area contributed by atoms with Crippen LogP contribution in [0.3, 0.4) is 0 Å². The molecule has 160 valence electrons. The van der Waals surface area contributed by atoms with Gasteiger partial charge in [0.2, 0.25) is 10.0 Å². The molecule has 3 rings (SSSR count). The van der Waals surface area contributed by atoms with Crippen molar-refractivity contribution in [1.82, 2.24) is 4.72 Å². The van der Waals surface area contributed by atoms with Gasteiger partial charge < -0.3 is 14.2 Å². The molecule has 6 nitrogen and oxygen atoms in total. The summed E-state index contributed by atoms with van der Waals surface area (Å²) in [6.07, 6.45) is 0.831. The number of hydrogen-bond acceptors (Lipinski definition) is 5. The molecule has 0 amide bonds. The monoisotopic (exact) mass is 429 g/mol. The van der Waals surface area contributed by atoms with Crippen molar-refractivity contribution in [3.63, 3.8) is 0 Å². The van der Waals surface area contributed by atoms with E-state index in [9.17, 15) is 8.42 Å². The molecule has 0 saturated carbocycles. The molecule has 0 aromatic heterocycles. The highest BCUT2D eigenvalue weighted by Gasteiger charge is 2.32. The van der Waals surface area contributed by atoms with Crippen LogP contribution in [0, 0.1) is 18.8 Å². The molecule has 0 bridgehead atoms. The van der Waals surface area contributed by atoms with E-state index in [4.69, 9.17) is 14.2 Å². The first-order valence-corrected chi connectivity index (χ1v) is 11.3. The summed E-state index contributed by atoms with van der Waals surface area (Å²) in [6, 6.07) is 10.6. The lowest BCUT2D eigenvalue weighted by atomic mass is 10.0. The standard InChI is InChI=1S/C23H27NO5S/c1-5-27-20-12-11-19(15-17(20)2)30(25,26)24-13-6-7-14-28-21-10-8-9-18-16-23(3,4)29-22(18)21/h8-12,15,24H,5,13-14,16H2,1-4H3. The zero-order valence-corrected chi connectivity index (χ0v) is 18.6. The van der Waals surface area contributed by atoms with Gasteiger partial charge in [0, 0.05) is 12.0 Å². The van der Waals surface area contributed by atoms with Crippen LogP contribution in [0.2, 0.25) is 0 Å². The molecule has 1 aliphatic rings. The first-order chi connectivity index (χ1) is 14.2. The van der Waals surface area contributed by atoms with Crippen molar-refractivity contribution in [2.45, 2.75) is 44.6 Å². The van der Waals surface area contributed by atoms with Crippen molar-refractivity contribution in [2.24, 2.45) is 0 Å². The van der Waals surface area contributed by atoms with E-state index in [1.165, 1.54) is 6.07 Å². The van der Waals surface area contributed by atoms with Crippen LogP contribution in [-0.2, 0) is 16.4 Å². The van der Waals surface area contributed by atoms with Crippen molar-refractivity contribution in [2.75, 3.05) is 19.8 Å². The summed E-state index contributed by atoms with van der Waals surface area (Å²) in [4.78, 5) is 0.182. The van der Waals surface area contributed by atoms with Crippen LogP contribution in [0.1, 0.15) is 31.9 Å². The van der Waals surface area contributed by atoms with Crippen molar-refractivity contribution in [3.8, 4) is 29.1 Å². The maximum absolute atomic E-state index is 12.4. The van der Waals surface area contributed by atoms with Gasteiger partial charge in [-0.1, -0.05) is 24.0 Å². The average molecular weight is 430 g/mol. The maximum atomic E-state index is 12.4. The highest BCUT2D eigenvalue weighted by Crippen LogP contribution is 2.41. The van der Waals surface area contributed by atoms with Crippen LogP contribution in [0.4, 0.5) is 0 Å². The molecule has 2 aromatic rings. The van der Waals surface area contributed by atoms with Gasteiger partial charge in [-0.05, 0) is 57.5 Å². The minimum atomic E-state index is -3.64. The smallest absolute Gasteiger partial charge is 0.241 e. The van der Waals surface area contributed by atoms with E-state index < -0.39 is 10.0 Å². The number of benzene rings is 2. The summed E-state index contributed by atoms with van der Waals surface area (Å²) < 4.78 is 44.5. The molecular formula is C23H27NO5S. The van der Waals surface area contributed by atoms with Gasteiger partial charge >= 0.3 is 0 Å². The second-order valence-corrected chi connectivity index (χ2v) is 9.38. The summed E-state index contributed by atoms with van der Waals surface area (Å²) in [5.41, 5.74) is 1.63. The van der Waals surface area contributed by atoms with Gasteiger partial charge in [-0.25, -0.2) is 8.42 Å². The van der Waals surface area contributed by atoms with Gasteiger partial charge in [0.05, 0.1) is 18.0 Å². The molecule has 2 aromatic carbocycles. The van der Waals surface area contributed by atoms with Gasteiger partial charge in [-0.3, -0.25) is 0 Å². The van der Waals surface area contributed by atoms with Crippen LogP contribution in [0.25, 0.3) is 0 Å². The summed E-state index contributed by atoms with van der Waals surface area (Å²) in [6.45, 7) is 8.43. The molecule has 0 unspecified atom stereocenters. The Kier molecular flexibility index (Phi) is 6.59. The van der Waals surface area contributed by atoms with Gasteiger partial charge in [-0.15, -0.1) is 0 Å². The molecule has 0 spiro atoms. The van der Waals surface area contributed by atoms with E-state index in [0.717, 1.165) is 23.3 Å². The highest BCUT2D eigenvalue weighted by molar-refractivity contribution is 7.89. The number of fused-ring (bicyclic) bond motifs is 1. The molecule has 0 radical (unpaired) electrons. The summed E-state index contributed by atoms with van der Waals surface area (Å²) in [5, 5.41) is 0. The van der Waals surface area contributed by atoms with Crippen molar-refractivity contribution < 1.29 is 22.6 Å². The minimum absolute atomic E-state index is 0.00558. The van der Waals surface area contributed by atoms with Crippen molar-refractivity contribution in [3.05, 3.63) is 47.5 Å². The van der Waals surface area contributed by atoms with Gasteiger partial charge in [-0.2, -0.15) is 4.72 Å². The molecule has 1 aliphatic heterocycles. The fraction of sp³-hybridized carbons (Fsp3) is 0.391. The molecule has 7 heteroatoms. The molecule has 0 atom stereocenters. The lowest BCUT2D eigenvalue weighted by Crippen LogP contribution is -2.24. The number of para-hydroxylation sites is 1. The molecule has 0 fully saturated rings. The number of nitrogens with one attached hydrogen (secondary N) is 1. The number of aryl methyl sites for hydroxylation is 1. The Bertz CT molecular complexity index is 1080. The van der Waals surface area contributed by atoms with E-state index in [1.54, 1.807) is 12.1 Å². The predicted octanol–water partition coefficient (Wildman–Crippen LogP) is 3.47. The second-order valence-electron chi connectivity index (χ2n) is 7.61. The van der Waals surface area contributed by atoms with Gasteiger partial charge in [0.1, 0.15) is 18.0 Å². The molecule has 1 N–H and O–H groups in total. The van der Waals surface area contributed by atoms with Gasteiger partial charge in [0.15, 0.2) is 11.5 Å². The summed E-state index contributed by atoms with van der Waals surface area (Å²) in [7, 11) is -3.64. The van der Waals surface area contributed by atoms with Crippen LogP contribution >= 0.6 is 0 Å². The lowest BCUT2D eigenvalue weighted by molar-refractivity contribution is 0.133. The lowest BCUT2D eigenvalue weighted by Gasteiger charge is -2.17. The summed E-state index contributed by atoms with van der Waals surface area (Å²) >= 11 is 0. The summed E-state index contributed by atoms with van der Waals surface area (Å²) in [5.74, 6) is 7.70. The first-order valence-electron chi connectivity index (χ1n) is 9.84. The normalized spacial score (nSPS) is 14.3. The quantitative estimate of drug-likeness (QED) is 0.683. The number of ether oxygens (including phenoxy) is 3. The second kappa shape index (κ2) is 8.99. The third-order valence-electron chi connectivity index (χ3n) is 4.59. The van der Waals surface area contributed by atoms with Gasteiger partial charge in [0.25, 0.3) is 0 Å². The SMILES string of the molecule is CCOc1ccc(S(=O)(=O)NCC#CCOc2cccc3c2OC(C)(C)C3)cc1C. The number of hydrogen-bond donors (Lipinski definition) is 1. The Balaban J connectivity index is 1.54. The van der Waals surface area contributed by atoms with Crippen molar-refractivity contribution in [1.29, 1.82) is 0 Å². The largest absolute Gasteiger partial charge is 0.494 e. The zero-order valence-electron chi connectivity index (χ0n) is 17.7. The Morgan fingerprint density at radius 3 is 2.67 bits per heavy atom. The fourth-order valence-corrected chi connectivity index (χ4v) is 4.26. The number of sulfonamides is 1. The Morgan fingerprint density at radius 1 is 1.13 bits per heavy atom. The van der Waals surface area contributed by atoms with E-state index in [-0.39, 0.29) is 23.6 Å². The minimum Gasteiger partial charge on any atom is -0.494 e. The third-order valence-corrected chi connectivity index (χ3v) is 5.99. The Morgan fingerprint density at radius 2 is 1.93 bits per heavy atom. The predicted molar refractivity (Wildman–Crippen MR) is 116 cm³/mol. The van der Waals surface area contributed by atoms with Crippen LogP contribution in [0.15, 0.2) is 41.3 Å². The van der Waals surface area contributed by atoms with Crippen LogP contribution < -0.4 is 18.9 Å². The van der Waals surface area contributed by atoms with E-state index >= 15 is 0 Å². The number of rotatable bonds is 7. The van der Waals surface area contributed by atoms with E-state index in [1.807, 2.05) is 45.9 Å². The fourth-order valence-electron chi connectivity index (χ4n) is 3.25. The highest BCUT2D eigenvalue weighted by atomic mass is 32.2. The van der Waals surface area contributed by atoms with E-state index in [2.05, 4.69) is 16.6 Å². The maximum Gasteiger partial charge on any atom is 0.241 e. The Labute approximate surface area is 178 Å². The first kappa shape index (κ1) is 22.0. The molecule has 30 heavy (non-hydrogen) atoms. The Hall–Kier alpha value is -2.69. The van der Waals surface area contributed by atoms with Crippen LogP contribution in [0.5, 0.6) is 17.2 Å². The molecule has 0 saturated heterocycles. The zero-order chi connectivity index (χ0) is 21.8. The average Bonchev–Trinajstić information content (AvgIpc) is 3.00. The topological polar surface area (TPSA) is 73.9 Å². The third kappa shape index (κ3) is 5.26.